The molecule has 0 bridgehead atoms. The summed E-state index contributed by atoms with van der Waals surface area (Å²) < 4.78 is 0. The second-order valence-corrected chi connectivity index (χ2v) is 3.32. The summed E-state index contributed by atoms with van der Waals surface area (Å²) in [6.07, 6.45) is 0.591. The Hall–Kier alpha value is -1.81. The molecule has 0 unspecified atom stereocenters. The topological polar surface area (TPSA) is 72.4 Å². The van der Waals surface area contributed by atoms with E-state index in [2.05, 4.69) is 0 Å². The molecule has 1 aromatic carbocycles. The highest BCUT2D eigenvalue weighted by Gasteiger charge is 2.08. The maximum atomic E-state index is 10.5. The molecule has 4 heteroatoms. The number of benzene rings is 1. The molecule has 0 saturated heterocycles. The molecule has 1 rings (SSSR count). The Kier molecular flexibility index (Phi) is 3.46. The van der Waals surface area contributed by atoms with Crippen molar-refractivity contribution in [3.8, 4) is 0 Å². The van der Waals surface area contributed by atoms with Crippen molar-refractivity contribution >= 4 is 12.0 Å². The molecule has 0 aliphatic carbocycles. The molecule has 4 N–H and O–H groups in total. The van der Waals surface area contributed by atoms with Gasteiger partial charge in [0.2, 0.25) is 0 Å². The third kappa shape index (κ3) is 2.35. The Balaban J connectivity index is 3.10. The minimum absolute atomic E-state index is 0.140. The lowest BCUT2D eigenvalue weighted by Crippen LogP contribution is -2.31. The van der Waals surface area contributed by atoms with Crippen molar-refractivity contribution in [2.24, 2.45) is 11.6 Å². The van der Waals surface area contributed by atoms with Crippen molar-refractivity contribution < 1.29 is 4.79 Å². The number of hydrogen-bond donors (Lipinski definition) is 2. The summed E-state index contributed by atoms with van der Waals surface area (Å²) in [6.45, 7) is 3.65. The number of rotatable bonds is 3. The van der Waals surface area contributed by atoms with Gasteiger partial charge >= 0.3 is 0 Å². The van der Waals surface area contributed by atoms with Crippen LogP contribution >= 0.6 is 0 Å². The zero-order chi connectivity index (χ0) is 11.4. The molecule has 0 radical (unpaired) electrons. The van der Waals surface area contributed by atoms with Crippen LogP contribution in [0.3, 0.4) is 0 Å². The SMILES string of the molecule is C/C(=C(/N)C=O)N(N)c1ccccc1C. The maximum Gasteiger partial charge on any atom is 0.167 e. The van der Waals surface area contributed by atoms with Gasteiger partial charge in [-0.15, -0.1) is 0 Å². The van der Waals surface area contributed by atoms with Crippen LogP contribution in [0.15, 0.2) is 35.7 Å². The Morgan fingerprint density at radius 1 is 1.40 bits per heavy atom. The van der Waals surface area contributed by atoms with E-state index in [1.165, 1.54) is 5.01 Å². The van der Waals surface area contributed by atoms with Crippen molar-refractivity contribution in [1.29, 1.82) is 0 Å². The second-order valence-electron chi connectivity index (χ2n) is 3.32. The summed E-state index contributed by atoms with van der Waals surface area (Å²) in [5.74, 6) is 5.85. The first-order chi connectivity index (χ1) is 7.07. The average Bonchev–Trinajstić information content (AvgIpc) is 2.26. The molecule has 0 aliphatic heterocycles. The summed E-state index contributed by atoms with van der Waals surface area (Å²) in [6, 6.07) is 7.62. The third-order valence-corrected chi connectivity index (χ3v) is 2.28. The number of anilines is 1. The van der Waals surface area contributed by atoms with Gasteiger partial charge in [-0.3, -0.25) is 9.80 Å². The number of carbonyl (C=O) groups is 1. The van der Waals surface area contributed by atoms with Crippen molar-refractivity contribution in [1.82, 2.24) is 0 Å². The van der Waals surface area contributed by atoms with E-state index in [9.17, 15) is 4.79 Å². The summed E-state index contributed by atoms with van der Waals surface area (Å²) in [7, 11) is 0. The van der Waals surface area contributed by atoms with E-state index in [-0.39, 0.29) is 5.70 Å². The lowest BCUT2D eigenvalue weighted by Gasteiger charge is -2.21. The molecule has 80 valence electrons. The van der Waals surface area contributed by atoms with Crippen molar-refractivity contribution in [2.45, 2.75) is 13.8 Å². The number of allylic oxidation sites excluding steroid dienone is 2. The van der Waals surface area contributed by atoms with E-state index < -0.39 is 0 Å². The Morgan fingerprint density at radius 3 is 2.53 bits per heavy atom. The zero-order valence-corrected chi connectivity index (χ0v) is 8.90. The standard InChI is InChI=1S/C11H15N3O/c1-8-5-3-4-6-11(8)14(13)9(2)10(12)7-15/h3-7H,12-13H2,1-2H3/b10-9-. The first-order valence-corrected chi connectivity index (χ1v) is 4.60. The number of hydrogen-bond acceptors (Lipinski definition) is 4. The van der Waals surface area contributed by atoms with Crippen molar-refractivity contribution in [3.63, 3.8) is 0 Å². The van der Waals surface area contributed by atoms with E-state index in [0.717, 1.165) is 11.3 Å². The number of aldehydes is 1. The first-order valence-electron chi connectivity index (χ1n) is 4.60. The normalized spacial score (nSPS) is 11.9. The lowest BCUT2D eigenvalue weighted by molar-refractivity contribution is -0.105. The van der Waals surface area contributed by atoms with Gasteiger partial charge in [0, 0.05) is 0 Å². The monoisotopic (exact) mass is 205 g/mol. The van der Waals surface area contributed by atoms with Crippen LogP contribution in [0.5, 0.6) is 0 Å². The van der Waals surface area contributed by atoms with Gasteiger partial charge in [0.15, 0.2) is 6.29 Å². The van der Waals surface area contributed by atoms with Crippen LogP contribution in [-0.2, 0) is 4.79 Å². The Morgan fingerprint density at radius 2 is 2.00 bits per heavy atom. The molecular weight excluding hydrogens is 190 g/mol. The van der Waals surface area contributed by atoms with Crippen LogP contribution < -0.4 is 16.6 Å². The molecule has 1 aromatic rings. The van der Waals surface area contributed by atoms with Crippen LogP contribution in [0.1, 0.15) is 12.5 Å². The molecule has 0 atom stereocenters. The molecule has 4 nitrogen and oxygen atoms in total. The predicted molar refractivity (Wildman–Crippen MR) is 60.8 cm³/mol. The Labute approximate surface area is 89.1 Å². The molecule has 15 heavy (non-hydrogen) atoms. The van der Waals surface area contributed by atoms with Gasteiger partial charge in [-0.2, -0.15) is 0 Å². The summed E-state index contributed by atoms with van der Waals surface area (Å²) in [5.41, 5.74) is 8.03. The minimum Gasteiger partial charge on any atom is -0.395 e. The van der Waals surface area contributed by atoms with Gasteiger partial charge in [0.1, 0.15) is 0 Å². The molecule has 0 spiro atoms. The third-order valence-electron chi connectivity index (χ3n) is 2.28. The highest BCUT2D eigenvalue weighted by atomic mass is 16.1. The maximum absolute atomic E-state index is 10.5. The minimum atomic E-state index is 0.140. The van der Waals surface area contributed by atoms with Gasteiger partial charge < -0.3 is 5.73 Å². The average molecular weight is 205 g/mol. The molecule has 0 aliphatic rings. The van der Waals surface area contributed by atoms with E-state index in [1.54, 1.807) is 6.92 Å². The fourth-order valence-electron chi connectivity index (χ4n) is 1.24. The quantitative estimate of drug-likeness (QED) is 0.335. The molecule has 0 heterocycles. The van der Waals surface area contributed by atoms with Gasteiger partial charge in [-0.1, -0.05) is 18.2 Å². The fraction of sp³-hybridized carbons (Fsp3) is 0.182. The van der Waals surface area contributed by atoms with Crippen molar-refractivity contribution in [3.05, 3.63) is 41.2 Å². The smallest absolute Gasteiger partial charge is 0.167 e. The number of hydrazine groups is 1. The van der Waals surface area contributed by atoms with Crippen LogP contribution in [-0.4, -0.2) is 6.29 Å². The van der Waals surface area contributed by atoms with Gasteiger partial charge in [0.25, 0.3) is 0 Å². The highest BCUT2D eigenvalue weighted by molar-refractivity contribution is 5.74. The van der Waals surface area contributed by atoms with E-state index in [1.807, 2.05) is 31.2 Å². The number of nitrogens with zero attached hydrogens (tertiary/aromatic N) is 1. The molecule has 0 amide bonds. The number of carbonyl (C=O) groups excluding carboxylic acids is 1. The van der Waals surface area contributed by atoms with Gasteiger partial charge in [0.05, 0.1) is 17.1 Å². The molecule has 0 fully saturated rings. The van der Waals surface area contributed by atoms with Crippen LogP contribution in [0.2, 0.25) is 0 Å². The molecule has 0 aromatic heterocycles. The lowest BCUT2D eigenvalue weighted by atomic mass is 10.2. The number of aryl methyl sites for hydroxylation is 1. The van der Waals surface area contributed by atoms with E-state index >= 15 is 0 Å². The van der Waals surface area contributed by atoms with Crippen molar-refractivity contribution in [2.75, 3.05) is 5.01 Å². The van der Waals surface area contributed by atoms with Gasteiger partial charge in [-0.25, -0.2) is 5.84 Å². The van der Waals surface area contributed by atoms with Crippen LogP contribution in [0.4, 0.5) is 5.69 Å². The first kappa shape index (κ1) is 11.3. The van der Waals surface area contributed by atoms with Crippen LogP contribution in [0, 0.1) is 6.92 Å². The largest absolute Gasteiger partial charge is 0.395 e. The fourth-order valence-corrected chi connectivity index (χ4v) is 1.24. The molecule has 0 saturated carbocycles. The Bertz CT molecular complexity index is 399. The zero-order valence-electron chi connectivity index (χ0n) is 8.90. The van der Waals surface area contributed by atoms with E-state index in [4.69, 9.17) is 11.6 Å². The predicted octanol–water partition coefficient (Wildman–Crippen LogP) is 1.06. The summed E-state index contributed by atoms with van der Waals surface area (Å²) in [4.78, 5) is 10.5. The molecular formula is C11H15N3O. The summed E-state index contributed by atoms with van der Waals surface area (Å²) in [5, 5.41) is 1.42. The van der Waals surface area contributed by atoms with Crippen LogP contribution in [0.25, 0.3) is 0 Å². The van der Waals surface area contributed by atoms with E-state index in [0.29, 0.717) is 12.0 Å². The second kappa shape index (κ2) is 4.61. The number of nitrogens with two attached hydrogens (primary N) is 2. The summed E-state index contributed by atoms with van der Waals surface area (Å²) >= 11 is 0. The highest BCUT2D eigenvalue weighted by Crippen LogP contribution is 2.20. The number of para-hydroxylation sites is 1. The van der Waals surface area contributed by atoms with Gasteiger partial charge in [-0.05, 0) is 25.5 Å².